The number of esters is 1. The number of likely N-dealkylation sites (tertiary alicyclic amines) is 1. The molecule has 0 radical (unpaired) electrons. The number of aliphatic hydroxyl groups excluding tert-OH is 1. The van der Waals surface area contributed by atoms with Crippen LogP contribution in [0.25, 0.3) is 0 Å². The van der Waals surface area contributed by atoms with Crippen molar-refractivity contribution in [2.75, 3.05) is 19.7 Å². The summed E-state index contributed by atoms with van der Waals surface area (Å²) in [6, 6.07) is 17.0. The van der Waals surface area contributed by atoms with E-state index in [2.05, 4.69) is 18.5 Å². The second-order valence-electron chi connectivity index (χ2n) is 13.3. The Balaban J connectivity index is 1.47. The van der Waals surface area contributed by atoms with Crippen LogP contribution in [0.15, 0.2) is 86.0 Å². The van der Waals surface area contributed by atoms with E-state index in [1.54, 1.807) is 17.1 Å². The maximum atomic E-state index is 14.7. The summed E-state index contributed by atoms with van der Waals surface area (Å²) in [5.41, 5.74) is 0.353. The van der Waals surface area contributed by atoms with Crippen molar-refractivity contribution in [3.05, 3.63) is 97.1 Å². The van der Waals surface area contributed by atoms with Gasteiger partial charge in [-0.3, -0.25) is 19.2 Å². The van der Waals surface area contributed by atoms with Crippen molar-refractivity contribution >= 4 is 23.7 Å². The van der Waals surface area contributed by atoms with Gasteiger partial charge >= 0.3 is 5.97 Å². The highest BCUT2D eigenvalue weighted by Gasteiger charge is 2.75. The van der Waals surface area contributed by atoms with Crippen LogP contribution in [0.5, 0.6) is 0 Å². The molecule has 2 N–H and O–H groups in total. The van der Waals surface area contributed by atoms with Crippen molar-refractivity contribution in [2.45, 2.75) is 76.0 Å². The predicted molar refractivity (Wildman–Crippen MR) is 180 cm³/mol. The Morgan fingerprint density at radius 3 is 2.42 bits per heavy atom. The number of ether oxygens (including phenoxy) is 2. The average Bonchev–Trinajstić information content (AvgIpc) is 3.73. The van der Waals surface area contributed by atoms with E-state index >= 15 is 0 Å². The minimum Gasteiger partial charge on any atom is -0.455 e. The third kappa shape index (κ3) is 6.82. The molecule has 5 rings (SSSR count). The predicted octanol–water partition coefficient (Wildman–Crippen LogP) is 3.96. The van der Waals surface area contributed by atoms with Gasteiger partial charge in [-0.15, -0.1) is 13.2 Å². The molecule has 0 aromatic heterocycles. The van der Waals surface area contributed by atoms with Crippen LogP contribution in [-0.4, -0.2) is 82.1 Å². The van der Waals surface area contributed by atoms with Gasteiger partial charge in [0.2, 0.25) is 17.7 Å². The Morgan fingerprint density at radius 1 is 1.10 bits per heavy atom. The zero-order chi connectivity index (χ0) is 34.4. The van der Waals surface area contributed by atoms with Crippen LogP contribution in [0.3, 0.4) is 0 Å². The molecule has 2 aromatic rings. The van der Waals surface area contributed by atoms with Gasteiger partial charge in [-0.25, -0.2) is 0 Å². The maximum absolute atomic E-state index is 14.7. The largest absolute Gasteiger partial charge is 0.455 e. The molecule has 0 saturated carbocycles. The normalized spacial score (nSPS) is 25.3. The maximum Gasteiger partial charge on any atom is 0.313 e. The van der Waals surface area contributed by atoms with E-state index in [1.165, 1.54) is 4.90 Å². The topological polar surface area (TPSA) is 125 Å². The lowest BCUT2D eigenvalue weighted by Crippen LogP contribution is -2.59. The zero-order valence-corrected chi connectivity index (χ0v) is 27.8. The SMILES string of the molecule is C=CCCC(=O)NC[C@H](OC(=O)[C@@H]1[C@@H]2CC[C@]3(O2)[C@H](C(=O)N(CC=C)Cc2ccccc2)N([C@@H](CO)C(C)C)C(=O)[C@@H]13)c1ccccc1. The smallest absolute Gasteiger partial charge is 0.313 e. The van der Waals surface area contributed by atoms with Gasteiger partial charge in [0.25, 0.3) is 0 Å². The van der Waals surface area contributed by atoms with Crippen molar-refractivity contribution in [3.8, 4) is 0 Å². The summed E-state index contributed by atoms with van der Waals surface area (Å²) < 4.78 is 12.8. The number of fused-ring (bicyclic) bond motifs is 1. The van der Waals surface area contributed by atoms with Crippen LogP contribution in [-0.2, 0) is 35.2 Å². The van der Waals surface area contributed by atoms with E-state index in [-0.39, 0.29) is 43.8 Å². The summed E-state index contributed by atoms with van der Waals surface area (Å²) in [5, 5.41) is 13.4. The molecule has 7 atom stereocenters. The molecule has 2 aromatic carbocycles. The van der Waals surface area contributed by atoms with E-state index in [4.69, 9.17) is 9.47 Å². The minimum atomic E-state index is -1.26. The number of aliphatic hydroxyl groups is 1. The molecule has 3 aliphatic rings. The standard InChI is InChI=1S/C38H47N3O7/c1-5-7-18-31(43)39-22-30(27-16-12-9-13-17-27)47-37(46)32-29-19-20-38(48-29)33(32)35(44)41(28(24-42)25(3)4)34(38)36(45)40(21-6-2)23-26-14-10-8-11-15-26/h5-6,8-17,25,28-30,32-34,42H,1-2,7,18-24H2,3-4H3,(H,39,43)/t28-,29-,30-,32+,33+,34-,38+/m0/s1. The first-order valence-electron chi connectivity index (χ1n) is 16.8. The van der Waals surface area contributed by atoms with E-state index in [0.717, 1.165) is 5.56 Å². The molecule has 3 amide bonds. The molecule has 10 nitrogen and oxygen atoms in total. The fraction of sp³-hybridized carbons (Fsp3) is 0.474. The molecule has 3 saturated heterocycles. The summed E-state index contributed by atoms with van der Waals surface area (Å²) in [5.74, 6) is -3.61. The molecule has 48 heavy (non-hydrogen) atoms. The summed E-state index contributed by atoms with van der Waals surface area (Å²) in [6.07, 6.45) is 3.56. The van der Waals surface area contributed by atoms with E-state index in [1.807, 2.05) is 74.5 Å². The van der Waals surface area contributed by atoms with Gasteiger partial charge in [0.1, 0.15) is 17.7 Å². The van der Waals surface area contributed by atoms with Crippen molar-refractivity contribution < 1.29 is 33.8 Å². The number of allylic oxidation sites excluding steroid dienone is 1. The second kappa shape index (κ2) is 15.3. The Labute approximate surface area is 282 Å². The number of carbonyl (C=O) groups excluding carboxylic acids is 4. The summed E-state index contributed by atoms with van der Waals surface area (Å²) >= 11 is 0. The van der Waals surface area contributed by atoms with Gasteiger partial charge < -0.3 is 29.7 Å². The molecule has 0 unspecified atom stereocenters. The molecule has 2 bridgehead atoms. The Kier molecular flexibility index (Phi) is 11.2. The van der Waals surface area contributed by atoms with E-state index < -0.39 is 53.6 Å². The summed E-state index contributed by atoms with van der Waals surface area (Å²) in [4.78, 5) is 59.1. The lowest BCUT2D eigenvalue weighted by Gasteiger charge is -2.40. The van der Waals surface area contributed by atoms with Crippen molar-refractivity contribution in [1.82, 2.24) is 15.1 Å². The first kappa shape index (κ1) is 35.0. The Morgan fingerprint density at radius 2 is 1.79 bits per heavy atom. The number of hydrogen-bond donors (Lipinski definition) is 2. The van der Waals surface area contributed by atoms with Crippen molar-refractivity contribution in [1.29, 1.82) is 0 Å². The monoisotopic (exact) mass is 657 g/mol. The zero-order valence-electron chi connectivity index (χ0n) is 27.8. The fourth-order valence-corrected chi connectivity index (χ4v) is 7.62. The highest BCUT2D eigenvalue weighted by molar-refractivity contribution is 5.98. The summed E-state index contributed by atoms with van der Waals surface area (Å²) in [7, 11) is 0. The van der Waals surface area contributed by atoms with Gasteiger partial charge in [-0.2, -0.15) is 0 Å². The number of benzene rings is 2. The van der Waals surface area contributed by atoms with Crippen LogP contribution in [0.2, 0.25) is 0 Å². The Hall–Kier alpha value is -4.28. The number of amides is 3. The third-order valence-electron chi connectivity index (χ3n) is 9.93. The van der Waals surface area contributed by atoms with Crippen LogP contribution in [0.1, 0.15) is 56.8 Å². The van der Waals surface area contributed by atoms with Crippen LogP contribution in [0, 0.1) is 17.8 Å². The fourth-order valence-electron chi connectivity index (χ4n) is 7.62. The number of carbonyl (C=O) groups is 4. The van der Waals surface area contributed by atoms with Crippen molar-refractivity contribution in [2.24, 2.45) is 17.8 Å². The number of hydrogen-bond acceptors (Lipinski definition) is 7. The highest BCUT2D eigenvalue weighted by atomic mass is 16.6. The quantitative estimate of drug-likeness (QED) is 0.207. The Bertz CT molecular complexity index is 1480. The minimum absolute atomic E-state index is 0.0525. The molecule has 3 aliphatic heterocycles. The van der Waals surface area contributed by atoms with Crippen LogP contribution in [0.4, 0.5) is 0 Å². The molecular formula is C38H47N3O7. The molecule has 10 heteroatoms. The molecule has 3 fully saturated rings. The first-order chi connectivity index (χ1) is 23.2. The average molecular weight is 658 g/mol. The van der Waals surface area contributed by atoms with Crippen LogP contribution < -0.4 is 5.32 Å². The number of rotatable bonds is 16. The lowest BCUT2D eigenvalue weighted by molar-refractivity contribution is -0.161. The third-order valence-corrected chi connectivity index (χ3v) is 9.93. The van der Waals surface area contributed by atoms with Gasteiger partial charge in [-0.05, 0) is 36.3 Å². The highest BCUT2D eigenvalue weighted by Crippen LogP contribution is 2.59. The van der Waals surface area contributed by atoms with E-state index in [0.29, 0.717) is 31.4 Å². The lowest BCUT2D eigenvalue weighted by atomic mass is 9.70. The summed E-state index contributed by atoms with van der Waals surface area (Å²) in [6.45, 7) is 11.6. The first-order valence-corrected chi connectivity index (χ1v) is 16.8. The molecule has 3 heterocycles. The van der Waals surface area contributed by atoms with E-state index in [9.17, 15) is 24.3 Å². The van der Waals surface area contributed by atoms with Crippen molar-refractivity contribution in [3.63, 3.8) is 0 Å². The van der Waals surface area contributed by atoms with Gasteiger partial charge in [0.15, 0.2) is 0 Å². The van der Waals surface area contributed by atoms with Gasteiger partial charge in [-0.1, -0.05) is 86.7 Å². The molecular weight excluding hydrogens is 610 g/mol. The molecule has 0 aliphatic carbocycles. The number of nitrogens with one attached hydrogen (secondary N) is 1. The molecule has 256 valence electrons. The van der Waals surface area contributed by atoms with Gasteiger partial charge in [0, 0.05) is 19.5 Å². The number of nitrogens with zero attached hydrogens (tertiary/aromatic N) is 2. The second-order valence-corrected chi connectivity index (χ2v) is 13.3. The van der Waals surface area contributed by atoms with Gasteiger partial charge in [0.05, 0.1) is 37.1 Å². The molecule has 1 spiro atoms. The van der Waals surface area contributed by atoms with Crippen LogP contribution >= 0.6 is 0 Å².